The highest BCUT2D eigenvalue weighted by molar-refractivity contribution is 6.34. The number of carbonyl (C=O) groups excluding carboxylic acids is 3. The Kier molecular flexibility index (Phi) is 5.28. The number of aryl methyl sites for hydroxylation is 2. The Labute approximate surface area is 174 Å². The van der Waals surface area contributed by atoms with Gasteiger partial charge in [0, 0.05) is 31.3 Å². The molecular formula is C22H22ClN3O3. The summed E-state index contributed by atoms with van der Waals surface area (Å²) in [4.78, 5) is 38.1. The third kappa shape index (κ3) is 4.12. The minimum Gasteiger partial charge on any atom is -0.326 e. The minimum atomic E-state index is -0.443. The van der Waals surface area contributed by atoms with Crippen molar-refractivity contribution in [2.45, 2.75) is 32.6 Å². The number of hydrogen-bond donors (Lipinski definition) is 2. The molecule has 1 atom stereocenters. The van der Waals surface area contributed by atoms with E-state index in [-0.39, 0.29) is 24.1 Å². The van der Waals surface area contributed by atoms with Crippen molar-refractivity contribution in [2.24, 2.45) is 5.92 Å². The zero-order valence-corrected chi connectivity index (χ0v) is 16.9. The summed E-state index contributed by atoms with van der Waals surface area (Å²) in [5.41, 5.74) is 4.53. The highest BCUT2D eigenvalue weighted by Crippen LogP contribution is 2.32. The first-order valence-corrected chi connectivity index (χ1v) is 10.1. The van der Waals surface area contributed by atoms with E-state index in [0.717, 1.165) is 24.9 Å². The van der Waals surface area contributed by atoms with Crippen molar-refractivity contribution in [3.63, 3.8) is 0 Å². The summed E-state index contributed by atoms with van der Waals surface area (Å²) in [6.45, 7) is 1.76. The van der Waals surface area contributed by atoms with Crippen LogP contribution in [0, 0.1) is 5.92 Å². The van der Waals surface area contributed by atoms with Gasteiger partial charge in [0.1, 0.15) is 0 Å². The largest absolute Gasteiger partial charge is 0.326 e. The van der Waals surface area contributed by atoms with Crippen LogP contribution < -0.4 is 15.5 Å². The monoisotopic (exact) mass is 411 g/mol. The van der Waals surface area contributed by atoms with E-state index in [1.165, 1.54) is 18.1 Å². The lowest BCUT2D eigenvalue weighted by Gasteiger charge is -2.18. The van der Waals surface area contributed by atoms with E-state index in [9.17, 15) is 14.4 Å². The highest BCUT2D eigenvalue weighted by Gasteiger charge is 2.35. The summed E-state index contributed by atoms with van der Waals surface area (Å²) >= 11 is 6.23. The van der Waals surface area contributed by atoms with E-state index in [1.807, 2.05) is 6.07 Å². The van der Waals surface area contributed by atoms with Gasteiger partial charge in [-0.05, 0) is 60.7 Å². The zero-order chi connectivity index (χ0) is 20.5. The molecule has 1 saturated heterocycles. The SMILES string of the molecule is CC(=O)Nc1ccc(NC(=O)C2CC(=O)N(c3ccc4c(c3)CCC4)C2)c(Cl)c1. The minimum absolute atomic E-state index is 0.0461. The molecule has 0 aromatic heterocycles. The molecule has 2 aliphatic rings. The standard InChI is InChI=1S/C22H22ClN3O3/c1-13(27)24-17-6-8-20(19(23)11-17)25-22(29)16-10-21(28)26(12-16)18-7-5-14-3-2-4-15(14)9-18/h5-9,11,16H,2-4,10,12H2,1H3,(H,24,27)(H,25,29). The highest BCUT2D eigenvalue weighted by atomic mass is 35.5. The van der Waals surface area contributed by atoms with E-state index >= 15 is 0 Å². The third-order valence-corrected chi connectivity index (χ3v) is 5.75. The number of nitrogens with zero attached hydrogens (tertiary/aromatic N) is 1. The number of amides is 3. The molecule has 1 aliphatic heterocycles. The number of benzene rings is 2. The van der Waals surface area contributed by atoms with Gasteiger partial charge in [0.2, 0.25) is 17.7 Å². The Morgan fingerprint density at radius 3 is 2.62 bits per heavy atom. The van der Waals surface area contributed by atoms with Gasteiger partial charge in [0.05, 0.1) is 16.6 Å². The van der Waals surface area contributed by atoms with Crippen LogP contribution in [0.2, 0.25) is 5.02 Å². The van der Waals surface area contributed by atoms with Gasteiger partial charge in [-0.3, -0.25) is 14.4 Å². The van der Waals surface area contributed by atoms with Crippen LogP contribution in [0.5, 0.6) is 0 Å². The molecule has 0 saturated carbocycles. The number of fused-ring (bicyclic) bond motifs is 1. The summed E-state index contributed by atoms with van der Waals surface area (Å²) < 4.78 is 0. The second-order valence-corrected chi connectivity index (χ2v) is 7.98. The van der Waals surface area contributed by atoms with Gasteiger partial charge in [0.15, 0.2) is 0 Å². The van der Waals surface area contributed by atoms with Crippen molar-refractivity contribution >= 4 is 46.4 Å². The number of halogens is 1. The summed E-state index contributed by atoms with van der Waals surface area (Å²) in [7, 11) is 0. The van der Waals surface area contributed by atoms with E-state index in [1.54, 1.807) is 23.1 Å². The van der Waals surface area contributed by atoms with E-state index < -0.39 is 5.92 Å². The van der Waals surface area contributed by atoms with E-state index in [0.29, 0.717) is 22.9 Å². The van der Waals surface area contributed by atoms with Crippen molar-refractivity contribution in [2.75, 3.05) is 22.1 Å². The first kappa shape index (κ1) is 19.5. The Balaban J connectivity index is 1.44. The Morgan fingerprint density at radius 1 is 1.07 bits per heavy atom. The molecule has 0 radical (unpaired) electrons. The topological polar surface area (TPSA) is 78.5 Å². The summed E-state index contributed by atoms with van der Waals surface area (Å²) in [6, 6.07) is 11.0. The molecule has 1 heterocycles. The molecular weight excluding hydrogens is 390 g/mol. The van der Waals surface area contributed by atoms with Gasteiger partial charge in [-0.2, -0.15) is 0 Å². The molecule has 2 aromatic rings. The van der Waals surface area contributed by atoms with Gasteiger partial charge in [-0.15, -0.1) is 0 Å². The normalized spacial score (nSPS) is 17.9. The van der Waals surface area contributed by atoms with Crippen LogP contribution in [0.1, 0.15) is 30.9 Å². The maximum Gasteiger partial charge on any atom is 0.229 e. The van der Waals surface area contributed by atoms with Crippen LogP contribution in [0.15, 0.2) is 36.4 Å². The van der Waals surface area contributed by atoms with Crippen LogP contribution >= 0.6 is 11.6 Å². The average molecular weight is 412 g/mol. The molecule has 1 aliphatic carbocycles. The van der Waals surface area contributed by atoms with Crippen LogP contribution in [0.3, 0.4) is 0 Å². The fourth-order valence-electron chi connectivity index (χ4n) is 3.99. The molecule has 6 nitrogen and oxygen atoms in total. The number of rotatable bonds is 4. The van der Waals surface area contributed by atoms with E-state index in [2.05, 4.69) is 22.8 Å². The second-order valence-electron chi connectivity index (χ2n) is 7.58. The van der Waals surface area contributed by atoms with Crippen molar-refractivity contribution in [1.82, 2.24) is 0 Å². The van der Waals surface area contributed by atoms with Crippen LogP contribution in [-0.4, -0.2) is 24.3 Å². The fourth-order valence-corrected chi connectivity index (χ4v) is 4.22. The molecule has 1 fully saturated rings. The summed E-state index contributed by atoms with van der Waals surface area (Å²) in [6.07, 6.45) is 3.46. The Hall–Kier alpha value is -2.86. The smallest absolute Gasteiger partial charge is 0.229 e. The average Bonchev–Trinajstić information content (AvgIpc) is 3.29. The van der Waals surface area contributed by atoms with Crippen LogP contribution in [0.25, 0.3) is 0 Å². The van der Waals surface area contributed by atoms with Gasteiger partial charge in [-0.25, -0.2) is 0 Å². The molecule has 1 unspecified atom stereocenters. The quantitative estimate of drug-likeness (QED) is 0.803. The van der Waals surface area contributed by atoms with Crippen LogP contribution in [-0.2, 0) is 27.2 Å². The lowest BCUT2D eigenvalue weighted by molar-refractivity contribution is -0.122. The van der Waals surface area contributed by atoms with Crippen molar-refractivity contribution < 1.29 is 14.4 Å². The first-order chi connectivity index (χ1) is 13.9. The Bertz CT molecular complexity index is 1000. The molecule has 0 spiro atoms. The van der Waals surface area contributed by atoms with Crippen molar-refractivity contribution in [1.29, 1.82) is 0 Å². The number of carbonyl (C=O) groups is 3. The predicted molar refractivity (Wildman–Crippen MR) is 113 cm³/mol. The summed E-state index contributed by atoms with van der Waals surface area (Å²) in [5.74, 6) is -0.929. The van der Waals surface area contributed by atoms with Crippen molar-refractivity contribution in [3.05, 3.63) is 52.5 Å². The van der Waals surface area contributed by atoms with Crippen molar-refractivity contribution in [3.8, 4) is 0 Å². The predicted octanol–water partition coefficient (Wildman–Crippen LogP) is 3.78. The fraction of sp³-hybridized carbons (Fsp3) is 0.318. The van der Waals surface area contributed by atoms with Crippen LogP contribution in [0.4, 0.5) is 17.1 Å². The van der Waals surface area contributed by atoms with Gasteiger partial charge >= 0.3 is 0 Å². The molecule has 7 heteroatoms. The molecule has 2 aromatic carbocycles. The first-order valence-electron chi connectivity index (χ1n) is 9.71. The summed E-state index contributed by atoms with van der Waals surface area (Å²) in [5, 5.41) is 5.77. The molecule has 150 valence electrons. The Morgan fingerprint density at radius 2 is 1.86 bits per heavy atom. The molecule has 0 bridgehead atoms. The number of hydrogen-bond acceptors (Lipinski definition) is 3. The molecule has 3 amide bonds. The van der Waals surface area contributed by atoms with Gasteiger partial charge < -0.3 is 15.5 Å². The van der Waals surface area contributed by atoms with Gasteiger partial charge in [-0.1, -0.05) is 17.7 Å². The second kappa shape index (κ2) is 7.87. The van der Waals surface area contributed by atoms with Gasteiger partial charge in [0.25, 0.3) is 0 Å². The zero-order valence-electron chi connectivity index (χ0n) is 16.1. The number of nitrogens with one attached hydrogen (secondary N) is 2. The molecule has 2 N–H and O–H groups in total. The molecule has 29 heavy (non-hydrogen) atoms. The lowest BCUT2D eigenvalue weighted by Crippen LogP contribution is -2.28. The van der Waals surface area contributed by atoms with E-state index in [4.69, 9.17) is 11.6 Å². The lowest BCUT2D eigenvalue weighted by atomic mass is 10.1. The maximum atomic E-state index is 12.7. The maximum absolute atomic E-state index is 12.7. The number of anilines is 3. The molecule has 4 rings (SSSR count). The third-order valence-electron chi connectivity index (χ3n) is 5.44.